The molecule has 0 saturated heterocycles. The highest BCUT2D eigenvalue weighted by Gasteiger charge is 2.39. The Balaban J connectivity index is 2.77. The molecule has 0 heterocycles. The van der Waals surface area contributed by atoms with E-state index in [1.807, 2.05) is 39.8 Å². The highest BCUT2D eigenvalue weighted by molar-refractivity contribution is 5.89. The summed E-state index contributed by atoms with van der Waals surface area (Å²) in [5, 5.41) is 0. The lowest BCUT2D eigenvalue weighted by Gasteiger charge is -2.34. The van der Waals surface area contributed by atoms with E-state index in [4.69, 9.17) is 10.5 Å². The van der Waals surface area contributed by atoms with Crippen LogP contribution in [-0.2, 0) is 9.53 Å². The van der Waals surface area contributed by atoms with Crippen LogP contribution < -0.4 is 5.73 Å². The molecule has 1 aliphatic carbocycles. The van der Waals surface area contributed by atoms with Crippen LogP contribution in [0.3, 0.4) is 0 Å². The monoisotopic (exact) mass is 267 g/mol. The molecule has 1 aliphatic rings. The zero-order valence-electron chi connectivity index (χ0n) is 12.4. The summed E-state index contributed by atoms with van der Waals surface area (Å²) < 4.78 is 4.99. The van der Waals surface area contributed by atoms with Crippen LogP contribution in [0.1, 0.15) is 53.4 Å². The number of Topliss-reactive ketones (excluding diaryl/α,β-unsaturated/α-hetero) is 1. The molecular weight excluding hydrogens is 242 g/mol. The molecule has 0 radical (unpaired) electrons. The smallest absolute Gasteiger partial charge is 0.405 e. The lowest BCUT2D eigenvalue weighted by molar-refractivity contribution is -0.136. The van der Waals surface area contributed by atoms with Gasteiger partial charge in [0.2, 0.25) is 0 Å². The first kappa shape index (κ1) is 15.7. The number of allylic oxidation sites excluding steroid dienone is 1. The van der Waals surface area contributed by atoms with Crippen molar-refractivity contribution in [2.45, 2.75) is 59.5 Å². The largest absolute Gasteiger partial charge is 0.442 e. The maximum absolute atomic E-state index is 12.5. The van der Waals surface area contributed by atoms with Gasteiger partial charge in [-0.1, -0.05) is 33.8 Å². The third-order valence-electron chi connectivity index (χ3n) is 3.63. The fraction of sp³-hybridized carbons (Fsp3) is 0.733. The molecule has 2 atom stereocenters. The van der Waals surface area contributed by atoms with Crippen LogP contribution in [0.5, 0.6) is 0 Å². The molecular formula is C15H25NO3. The third-order valence-corrected chi connectivity index (χ3v) is 3.63. The lowest BCUT2D eigenvalue weighted by atomic mass is 9.68. The third kappa shape index (κ3) is 4.37. The average Bonchev–Trinajstić information content (AvgIpc) is 2.23. The van der Waals surface area contributed by atoms with Crippen molar-refractivity contribution >= 4 is 11.9 Å². The van der Waals surface area contributed by atoms with E-state index in [0.717, 1.165) is 12.8 Å². The summed E-state index contributed by atoms with van der Waals surface area (Å²) in [6.45, 7) is 7.91. The second-order valence-corrected chi connectivity index (χ2v) is 6.64. The first-order valence-electron chi connectivity index (χ1n) is 6.83. The van der Waals surface area contributed by atoms with E-state index in [0.29, 0.717) is 18.6 Å². The highest BCUT2D eigenvalue weighted by Crippen LogP contribution is 2.38. The molecule has 4 nitrogen and oxygen atoms in total. The van der Waals surface area contributed by atoms with Crippen LogP contribution in [0, 0.1) is 10.8 Å². The molecule has 0 aromatic carbocycles. The molecule has 1 amide bonds. The van der Waals surface area contributed by atoms with Gasteiger partial charge in [0.25, 0.3) is 0 Å². The first-order valence-corrected chi connectivity index (χ1v) is 6.83. The number of ether oxygens (including phenoxy) is 1. The van der Waals surface area contributed by atoms with Gasteiger partial charge < -0.3 is 10.5 Å². The minimum Gasteiger partial charge on any atom is -0.442 e. The molecule has 0 bridgehead atoms. The van der Waals surface area contributed by atoms with E-state index in [-0.39, 0.29) is 16.9 Å². The molecule has 0 aromatic rings. The number of hydrogen-bond acceptors (Lipinski definition) is 3. The SMILES string of the molecule is CC(C)(C)C(=O)[C@@]1(C)C/C=C/[C@@H](OC(N)=O)CCC1. The quantitative estimate of drug-likeness (QED) is 0.781. The van der Waals surface area contributed by atoms with Gasteiger partial charge in [-0.05, 0) is 31.8 Å². The van der Waals surface area contributed by atoms with Gasteiger partial charge in [0.1, 0.15) is 11.9 Å². The van der Waals surface area contributed by atoms with E-state index in [1.54, 1.807) is 0 Å². The van der Waals surface area contributed by atoms with Crippen LogP contribution in [0.4, 0.5) is 4.79 Å². The normalized spacial score (nSPS) is 30.0. The summed E-state index contributed by atoms with van der Waals surface area (Å²) in [6.07, 6.45) is 5.84. The minimum atomic E-state index is -0.747. The van der Waals surface area contributed by atoms with E-state index >= 15 is 0 Å². The second kappa shape index (κ2) is 5.76. The topological polar surface area (TPSA) is 69.4 Å². The molecule has 0 aliphatic heterocycles. The summed E-state index contributed by atoms with van der Waals surface area (Å²) >= 11 is 0. The van der Waals surface area contributed by atoms with Crippen molar-refractivity contribution in [3.8, 4) is 0 Å². The van der Waals surface area contributed by atoms with Crippen LogP contribution in [0.25, 0.3) is 0 Å². The highest BCUT2D eigenvalue weighted by atomic mass is 16.6. The van der Waals surface area contributed by atoms with Gasteiger partial charge in [-0.3, -0.25) is 4.79 Å². The molecule has 0 unspecified atom stereocenters. The maximum atomic E-state index is 12.5. The van der Waals surface area contributed by atoms with Crippen molar-refractivity contribution < 1.29 is 14.3 Å². The van der Waals surface area contributed by atoms with Crippen molar-refractivity contribution in [3.05, 3.63) is 12.2 Å². The second-order valence-electron chi connectivity index (χ2n) is 6.64. The summed E-state index contributed by atoms with van der Waals surface area (Å²) in [5.74, 6) is 0.291. The molecule has 19 heavy (non-hydrogen) atoms. The Morgan fingerprint density at radius 2 is 2.00 bits per heavy atom. The van der Waals surface area contributed by atoms with E-state index in [2.05, 4.69) is 0 Å². The molecule has 4 heteroatoms. The average molecular weight is 267 g/mol. The van der Waals surface area contributed by atoms with Crippen molar-refractivity contribution in [2.75, 3.05) is 0 Å². The lowest BCUT2D eigenvalue weighted by Crippen LogP contribution is -2.37. The number of hydrogen-bond donors (Lipinski definition) is 1. The van der Waals surface area contributed by atoms with Gasteiger partial charge in [0, 0.05) is 10.8 Å². The Bertz CT molecular complexity index is 381. The number of nitrogens with two attached hydrogens (primary N) is 1. The molecule has 2 N–H and O–H groups in total. The molecule has 0 fully saturated rings. The molecule has 0 aromatic heterocycles. The predicted molar refractivity (Wildman–Crippen MR) is 74.6 cm³/mol. The number of primary amides is 1. The number of carbonyl (C=O) groups excluding carboxylic acids is 2. The van der Waals surface area contributed by atoms with Crippen molar-refractivity contribution in [2.24, 2.45) is 16.6 Å². The molecule has 0 saturated carbocycles. The zero-order chi connectivity index (χ0) is 14.7. The fourth-order valence-electron chi connectivity index (χ4n) is 2.73. The zero-order valence-corrected chi connectivity index (χ0v) is 12.4. The Morgan fingerprint density at radius 1 is 1.37 bits per heavy atom. The van der Waals surface area contributed by atoms with E-state index in [9.17, 15) is 9.59 Å². The summed E-state index contributed by atoms with van der Waals surface area (Å²) in [5.41, 5.74) is 4.37. The van der Waals surface area contributed by atoms with Crippen LogP contribution in [0.15, 0.2) is 12.2 Å². The van der Waals surface area contributed by atoms with Gasteiger partial charge in [0.05, 0.1) is 0 Å². The van der Waals surface area contributed by atoms with Crippen LogP contribution in [-0.4, -0.2) is 18.0 Å². The fourth-order valence-corrected chi connectivity index (χ4v) is 2.73. The standard InChI is InChI=1S/C15H25NO3/c1-14(2,3)12(17)15(4)9-5-7-11(8-6-10-15)19-13(16)18/h5,7,11H,6,8-10H2,1-4H3,(H2,16,18)/b7-5+/t11-,15+/m1/s1. The van der Waals surface area contributed by atoms with Gasteiger partial charge in [-0.15, -0.1) is 0 Å². The van der Waals surface area contributed by atoms with E-state index in [1.165, 1.54) is 0 Å². The number of carbonyl (C=O) groups is 2. The number of amides is 1. The number of ketones is 1. The predicted octanol–water partition coefficient (Wildman–Crippen LogP) is 3.20. The Hall–Kier alpha value is -1.32. The summed E-state index contributed by atoms with van der Waals surface area (Å²) in [6, 6.07) is 0. The molecule has 108 valence electrons. The Morgan fingerprint density at radius 3 is 2.53 bits per heavy atom. The number of rotatable bonds is 2. The van der Waals surface area contributed by atoms with Gasteiger partial charge in [-0.2, -0.15) is 0 Å². The molecule has 0 spiro atoms. The van der Waals surface area contributed by atoms with Crippen molar-refractivity contribution in [3.63, 3.8) is 0 Å². The van der Waals surface area contributed by atoms with Crippen LogP contribution in [0.2, 0.25) is 0 Å². The Kier molecular flexibility index (Phi) is 4.77. The first-order chi connectivity index (χ1) is 8.65. The van der Waals surface area contributed by atoms with E-state index < -0.39 is 6.09 Å². The Labute approximate surface area is 115 Å². The maximum Gasteiger partial charge on any atom is 0.405 e. The van der Waals surface area contributed by atoms with Gasteiger partial charge in [-0.25, -0.2) is 4.79 Å². The molecule has 1 rings (SSSR count). The van der Waals surface area contributed by atoms with Crippen LogP contribution >= 0.6 is 0 Å². The minimum absolute atomic E-state index is 0.258. The van der Waals surface area contributed by atoms with Crippen molar-refractivity contribution in [1.29, 1.82) is 0 Å². The van der Waals surface area contributed by atoms with Gasteiger partial charge >= 0.3 is 6.09 Å². The summed E-state index contributed by atoms with van der Waals surface area (Å²) in [4.78, 5) is 23.3. The van der Waals surface area contributed by atoms with Gasteiger partial charge in [0.15, 0.2) is 0 Å². The van der Waals surface area contributed by atoms with Crippen molar-refractivity contribution in [1.82, 2.24) is 0 Å². The summed E-state index contributed by atoms with van der Waals surface area (Å²) in [7, 11) is 0.